The number of ether oxygens (including phenoxy) is 3. The molecule has 1 aliphatic heterocycles. The molecule has 1 heterocycles. The molecule has 1 amide bonds. The second kappa shape index (κ2) is 9.01. The zero-order chi connectivity index (χ0) is 17.5. The second-order valence-electron chi connectivity index (χ2n) is 6.25. The fourth-order valence-electron chi connectivity index (χ4n) is 3.09. The maximum Gasteiger partial charge on any atom is 0.248 e. The minimum Gasteiger partial charge on any atom is -0.497 e. The van der Waals surface area contributed by atoms with E-state index in [9.17, 15) is 4.79 Å². The van der Waals surface area contributed by atoms with Crippen molar-refractivity contribution >= 4 is 5.91 Å². The van der Waals surface area contributed by atoms with Crippen molar-refractivity contribution in [3.8, 4) is 5.75 Å². The van der Waals surface area contributed by atoms with Crippen LogP contribution in [0.5, 0.6) is 5.75 Å². The Balaban J connectivity index is 2.01. The summed E-state index contributed by atoms with van der Waals surface area (Å²) in [5.41, 5.74) is 1.23. The number of likely N-dealkylation sites (tertiary alicyclic amines) is 1. The van der Waals surface area contributed by atoms with Gasteiger partial charge in [0.2, 0.25) is 5.91 Å². The van der Waals surface area contributed by atoms with Crippen LogP contribution in [0.15, 0.2) is 24.3 Å². The zero-order valence-corrected chi connectivity index (χ0v) is 15.0. The van der Waals surface area contributed by atoms with E-state index in [4.69, 9.17) is 14.2 Å². The number of amides is 1. The number of benzene rings is 1. The molecule has 0 spiro atoms. The van der Waals surface area contributed by atoms with Gasteiger partial charge in [-0.2, -0.15) is 0 Å². The van der Waals surface area contributed by atoms with E-state index in [1.807, 2.05) is 17.0 Å². The Morgan fingerprint density at radius 1 is 1.17 bits per heavy atom. The quantitative estimate of drug-likeness (QED) is 0.668. The highest BCUT2D eigenvalue weighted by molar-refractivity contribution is 5.78. The molecule has 0 aliphatic carbocycles. The second-order valence-corrected chi connectivity index (χ2v) is 6.25. The molecule has 1 saturated heterocycles. The number of nitrogens with zero attached hydrogens (tertiary/aromatic N) is 2. The van der Waals surface area contributed by atoms with Gasteiger partial charge in [0.15, 0.2) is 0 Å². The van der Waals surface area contributed by atoms with Crippen molar-refractivity contribution in [1.29, 1.82) is 0 Å². The number of carbonyl (C=O) groups is 1. The summed E-state index contributed by atoms with van der Waals surface area (Å²) < 4.78 is 15.5. The predicted octanol–water partition coefficient (Wildman–Crippen LogP) is 1.21. The summed E-state index contributed by atoms with van der Waals surface area (Å²) in [6, 6.07) is 8.41. The van der Waals surface area contributed by atoms with Gasteiger partial charge in [0.05, 0.1) is 20.3 Å². The van der Waals surface area contributed by atoms with Crippen LogP contribution in [0.2, 0.25) is 0 Å². The van der Waals surface area contributed by atoms with Crippen LogP contribution in [0, 0.1) is 0 Å². The van der Waals surface area contributed by atoms with Gasteiger partial charge in [0.1, 0.15) is 12.4 Å². The van der Waals surface area contributed by atoms with E-state index in [2.05, 4.69) is 31.1 Å². The van der Waals surface area contributed by atoms with Crippen LogP contribution >= 0.6 is 0 Å². The van der Waals surface area contributed by atoms with E-state index in [-0.39, 0.29) is 18.4 Å². The highest BCUT2D eigenvalue weighted by Gasteiger charge is 2.37. The maximum absolute atomic E-state index is 12.4. The van der Waals surface area contributed by atoms with Gasteiger partial charge in [-0.25, -0.2) is 0 Å². The highest BCUT2D eigenvalue weighted by Crippen LogP contribution is 2.31. The Morgan fingerprint density at radius 2 is 1.88 bits per heavy atom. The van der Waals surface area contributed by atoms with Crippen LogP contribution in [0.3, 0.4) is 0 Å². The third-order valence-electron chi connectivity index (χ3n) is 4.51. The SMILES string of the molecule is COCCOCC(=O)N1C[C@@H](N(C)C)[C@H](c2ccc(OC)cc2)C1. The first-order valence-electron chi connectivity index (χ1n) is 8.21. The normalized spacial score (nSPS) is 20.6. The van der Waals surface area contributed by atoms with E-state index < -0.39 is 0 Å². The molecule has 6 nitrogen and oxygen atoms in total. The number of rotatable bonds is 8. The third-order valence-corrected chi connectivity index (χ3v) is 4.51. The Bertz CT molecular complexity index is 518. The minimum atomic E-state index is 0.0361. The van der Waals surface area contributed by atoms with Crippen molar-refractivity contribution in [2.24, 2.45) is 0 Å². The van der Waals surface area contributed by atoms with Crippen molar-refractivity contribution in [2.75, 3.05) is 61.2 Å². The molecular formula is C18H28N2O4. The fourth-order valence-corrected chi connectivity index (χ4v) is 3.09. The van der Waals surface area contributed by atoms with Crippen molar-refractivity contribution < 1.29 is 19.0 Å². The molecule has 0 radical (unpaired) electrons. The van der Waals surface area contributed by atoms with Crippen LogP contribution in [0.25, 0.3) is 0 Å². The number of likely N-dealkylation sites (N-methyl/N-ethyl adjacent to an activating group) is 1. The first-order chi connectivity index (χ1) is 11.6. The summed E-state index contributed by atoms with van der Waals surface area (Å²) in [7, 11) is 7.40. The van der Waals surface area contributed by atoms with Crippen LogP contribution in [0.1, 0.15) is 11.5 Å². The van der Waals surface area contributed by atoms with E-state index in [1.165, 1.54) is 5.56 Å². The molecule has 1 aromatic rings. The molecule has 2 rings (SSSR count). The molecule has 1 fully saturated rings. The van der Waals surface area contributed by atoms with Crippen molar-refractivity contribution in [3.63, 3.8) is 0 Å². The first-order valence-corrected chi connectivity index (χ1v) is 8.21. The third kappa shape index (κ3) is 4.69. The molecule has 1 aliphatic rings. The first kappa shape index (κ1) is 18.7. The summed E-state index contributed by atoms with van der Waals surface area (Å²) in [6.45, 7) is 2.48. The highest BCUT2D eigenvalue weighted by atomic mass is 16.5. The van der Waals surface area contributed by atoms with Crippen molar-refractivity contribution in [2.45, 2.75) is 12.0 Å². The molecular weight excluding hydrogens is 308 g/mol. The van der Waals surface area contributed by atoms with Gasteiger partial charge >= 0.3 is 0 Å². The predicted molar refractivity (Wildman–Crippen MR) is 92.5 cm³/mol. The van der Waals surface area contributed by atoms with Crippen LogP contribution in [0.4, 0.5) is 0 Å². The smallest absolute Gasteiger partial charge is 0.248 e. The Hall–Kier alpha value is -1.63. The Morgan fingerprint density at radius 3 is 2.46 bits per heavy atom. The summed E-state index contributed by atoms with van der Waals surface area (Å²) >= 11 is 0. The van der Waals surface area contributed by atoms with Crippen LogP contribution in [-0.4, -0.2) is 83.0 Å². The Kier molecular flexibility index (Phi) is 7.02. The molecule has 134 valence electrons. The van der Waals surface area contributed by atoms with Gasteiger partial charge in [0, 0.05) is 32.2 Å². The molecule has 0 aromatic heterocycles. The molecule has 2 atom stereocenters. The lowest BCUT2D eigenvalue weighted by atomic mass is 9.93. The summed E-state index contributed by atoms with van der Waals surface area (Å²) in [5.74, 6) is 1.17. The molecule has 0 bridgehead atoms. The van der Waals surface area contributed by atoms with E-state index in [1.54, 1.807) is 14.2 Å². The van der Waals surface area contributed by atoms with Gasteiger partial charge < -0.3 is 24.0 Å². The van der Waals surface area contributed by atoms with Gasteiger partial charge in [-0.3, -0.25) is 4.79 Å². The number of hydrogen-bond donors (Lipinski definition) is 0. The molecule has 24 heavy (non-hydrogen) atoms. The van der Waals surface area contributed by atoms with Crippen LogP contribution in [-0.2, 0) is 14.3 Å². The lowest BCUT2D eigenvalue weighted by Crippen LogP contribution is -2.37. The van der Waals surface area contributed by atoms with E-state index >= 15 is 0 Å². The van der Waals surface area contributed by atoms with Gasteiger partial charge in [-0.05, 0) is 31.8 Å². The number of hydrogen-bond acceptors (Lipinski definition) is 5. The Labute approximate surface area is 144 Å². The van der Waals surface area contributed by atoms with E-state index in [0.29, 0.717) is 25.8 Å². The molecule has 0 unspecified atom stereocenters. The summed E-state index contributed by atoms with van der Waals surface area (Å²) in [5, 5.41) is 0. The topological polar surface area (TPSA) is 51.2 Å². The van der Waals surface area contributed by atoms with Crippen LogP contribution < -0.4 is 4.74 Å². The van der Waals surface area contributed by atoms with Gasteiger partial charge in [-0.1, -0.05) is 12.1 Å². The van der Waals surface area contributed by atoms with Gasteiger partial charge in [0.25, 0.3) is 0 Å². The lowest BCUT2D eigenvalue weighted by molar-refractivity contribution is -0.135. The standard InChI is InChI=1S/C18H28N2O4/c1-19(2)17-12-20(18(21)13-24-10-9-22-3)11-16(17)14-5-7-15(23-4)8-6-14/h5-8,16-17H,9-13H2,1-4H3/t16-,17+/m0/s1. The lowest BCUT2D eigenvalue weighted by Gasteiger charge is -2.25. The largest absolute Gasteiger partial charge is 0.497 e. The monoisotopic (exact) mass is 336 g/mol. The number of carbonyl (C=O) groups excluding carboxylic acids is 1. The van der Waals surface area contributed by atoms with E-state index in [0.717, 1.165) is 12.3 Å². The molecule has 0 N–H and O–H groups in total. The maximum atomic E-state index is 12.4. The van der Waals surface area contributed by atoms with Crippen molar-refractivity contribution in [3.05, 3.63) is 29.8 Å². The average molecular weight is 336 g/mol. The average Bonchev–Trinajstić information content (AvgIpc) is 3.04. The zero-order valence-electron chi connectivity index (χ0n) is 15.0. The van der Waals surface area contributed by atoms with Crippen molar-refractivity contribution in [1.82, 2.24) is 9.80 Å². The van der Waals surface area contributed by atoms with Gasteiger partial charge in [-0.15, -0.1) is 0 Å². The molecule has 1 aromatic carbocycles. The summed E-state index contributed by atoms with van der Waals surface area (Å²) in [6.07, 6.45) is 0. The molecule has 6 heteroatoms. The fraction of sp³-hybridized carbons (Fsp3) is 0.611. The minimum absolute atomic E-state index is 0.0361. The molecule has 0 saturated carbocycles. The summed E-state index contributed by atoms with van der Waals surface area (Å²) in [4.78, 5) is 16.5. The number of methoxy groups -OCH3 is 2.